The number of nitro benzene ring substituents is 4. The van der Waals surface area contributed by atoms with Gasteiger partial charge in [-0.05, 0) is 18.4 Å². The topological polar surface area (TPSA) is 245 Å². The Bertz CT molecular complexity index is 1650. The van der Waals surface area contributed by atoms with Crippen LogP contribution in [0.2, 0.25) is 0 Å². The Morgan fingerprint density at radius 3 is 0.985 bits per heavy atom. The molecule has 0 aliphatic carbocycles. The van der Waals surface area contributed by atoms with Crippen molar-refractivity contribution in [2.75, 3.05) is 12.3 Å². The highest BCUT2D eigenvalue weighted by atomic mass is 16.6. The third kappa shape index (κ3) is 37.9. The van der Waals surface area contributed by atoms with Crippen molar-refractivity contribution in [1.82, 2.24) is 0 Å². The number of nitrogen functional groups attached to an aromatic ring is 1. The van der Waals surface area contributed by atoms with Gasteiger partial charge < -0.3 is 5.73 Å². The smallest absolute Gasteiger partial charge is 0.278 e. The first-order valence-electron chi connectivity index (χ1n) is 26.0. The standard InChI is InChI=1S/C27H44N2O5.C19H37NO.C6H5N3O4/c1-2-3-4-5-6-7-8-9-10-11-12-13-14-15-16-17-18-19-27(30)22-24-20-25(28(31)32)23-26(21-24)29(33)34;1-2-3-4-5-6-7-8-9-10-11-12-13-14-15-16-17-18-20-19-21;7-4-1-5(8(10)11)3-6(2-4)9(12)13/h20-21,23H,2-19,22H2,1H3;2-18H2,1H3;1-3H,7H2. The van der Waals surface area contributed by atoms with Crippen molar-refractivity contribution in [3.8, 4) is 0 Å². The number of hydrogen-bond donors (Lipinski definition) is 1. The first kappa shape index (κ1) is 62.9. The predicted octanol–water partition coefficient (Wildman–Crippen LogP) is 16.3. The normalized spacial score (nSPS) is 10.6. The molecule has 0 aliphatic rings. The number of Topliss-reactive ketones (excluding diaryl/α,β-unsaturated/α-hetero) is 1. The monoisotopic (exact) mass is 955 g/mol. The van der Waals surface area contributed by atoms with Crippen molar-refractivity contribution in [3.63, 3.8) is 0 Å². The molecule has 384 valence electrons. The van der Waals surface area contributed by atoms with E-state index in [9.17, 15) is 50.0 Å². The van der Waals surface area contributed by atoms with E-state index < -0.39 is 19.7 Å². The minimum absolute atomic E-state index is 0.000833. The van der Waals surface area contributed by atoms with Crippen LogP contribution in [0, 0.1) is 40.5 Å². The average molecular weight is 955 g/mol. The minimum atomic E-state index is -0.733. The second-order valence-electron chi connectivity index (χ2n) is 18.1. The summed E-state index contributed by atoms with van der Waals surface area (Å²) in [4.78, 5) is 65.3. The molecule has 0 saturated carbocycles. The van der Waals surface area contributed by atoms with E-state index in [2.05, 4.69) is 18.8 Å². The molecule has 68 heavy (non-hydrogen) atoms. The van der Waals surface area contributed by atoms with Crippen LogP contribution in [0.5, 0.6) is 0 Å². The van der Waals surface area contributed by atoms with Gasteiger partial charge in [0.2, 0.25) is 6.08 Å². The summed E-state index contributed by atoms with van der Waals surface area (Å²) in [5.41, 5.74) is 4.09. The Balaban J connectivity index is 0.00000111. The van der Waals surface area contributed by atoms with Crippen molar-refractivity contribution >= 4 is 40.3 Å². The summed E-state index contributed by atoms with van der Waals surface area (Å²) in [6, 6.07) is 6.40. The second-order valence-corrected chi connectivity index (χ2v) is 18.1. The van der Waals surface area contributed by atoms with Crippen molar-refractivity contribution in [2.24, 2.45) is 4.99 Å². The zero-order valence-corrected chi connectivity index (χ0v) is 41.8. The third-order valence-corrected chi connectivity index (χ3v) is 11.9. The fraction of sp³-hybridized carbons (Fsp3) is 0.731. The lowest BCUT2D eigenvalue weighted by atomic mass is 10.0. The Labute approximate surface area is 406 Å². The molecule has 2 rings (SSSR count). The van der Waals surface area contributed by atoms with Gasteiger partial charge >= 0.3 is 0 Å². The van der Waals surface area contributed by atoms with Gasteiger partial charge in [0, 0.05) is 42.8 Å². The number of hydrogen-bond acceptors (Lipinski definition) is 12. The highest BCUT2D eigenvalue weighted by Gasteiger charge is 2.18. The van der Waals surface area contributed by atoms with E-state index in [4.69, 9.17) is 5.73 Å². The van der Waals surface area contributed by atoms with Gasteiger partial charge in [-0.2, -0.15) is 0 Å². The zero-order chi connectivity index (χ0) is 50.5. The van der Waals surface area contributed by atoms with Gasteiger partial charge in [-0.25, -0.2) is 9.79 Å². The van der Waals surface area contributed by atoms with Crippen molar-refractivity contribution in [1.29, 1.82) is 0 Å². The van der Waals surface area contributed by atoms with Gasteiger partial charge in [0.1, 0.15) is 5.78 Å². The molecule has 0 spiro atoms. The van der Waals surface area contributed by atoms with Crippen LogP contribution in [0.3, 0.4) is 0 Å². The zero-order valence-electron chi connectivity index (χ0n) is 41.8. The van der Waals surface area contributed by atoms with Crippen LogP contribution in [0.25, 0.3) is 0 Å². The number of unbranched alkanes of at least 4 members (excludes halogenated alkanes) is 31. The molecular formula is C52H86N6O10. The summed E-state index contributed by atoms with van der Waals surface area (Å²) in [6.45, 7) is 5.21. The fourth-order valence-corrected chi connectivity index (χ4v) is 7.95. The van der Waals surface area contributed by atoms with E-state index in [0.29, 0.717) is 18.5 Å². The Morgan fingerprint density at radius 1 is 0.441 bits per heavy atom. The lowest BCUT2D eigenvalue weighted by Crippen LogP contribution is -2.04. The molecule has 0 radical (unpaired) electrons. The number of rotatable bonds is 41. The summed E-state index contributed by atoms with van der Waals surface area (Å²) in [6.07, 6.45) is 45.8. The fourth-order valence-electron chi connectivity index (χ4n) is 7.95. The molecule has 0 atom stereocenters. The average Bonchev–Trinajstić information content (AvgIpc) is 3.31. The number of isocyanates is 1. The predicted molar refractivity (Wildman–Crippen MR) is 274 cm³/mol. The quantitative estimate of drug-likeness (QED) is 0.0164. The molecule has 0 unspecified atom stereocenters. The van der Waals surface area contributed by atoms with E-state index in [1.165, 1.54) is 198 Å². The van der Waals surface area contributed by atoms with E-state index >= 15 is 0 Å². The lowest BCUT2D eigenvalue weighted by Gasteiger charge is -2.04. The molecule has 0 heterocycles. The van der Waals surface area contributed by atoms with Crippen molar-refractivity contribution in [2.45, 2.75) is 239 Å². The molecule has 2 aromatic rings. The molecule has 16 nitrogen and oxygen atoms in total. The second kappa shape index (κ2) is 44.4. The highest BCUT2D eigenvalue weighted by molar-refractivity contribution is 5.81. The largest absolute Gasteiger partial charge is 0.398 e. The minimum Gasteiger partial charge on any atom is -0.398 e. The maximum Gasteiger partial charge on any atom is 0.278 e. The van der Waals surface area contributed by atoms with E-state index in [0.717, 1.165) is 49.9 Å². The van der Waals surface area contributed by atoms with Crippen LogP contribution in [0.4, 0.5) is 28.4 Å². The number of carbonyl (C=O) groups is 1. The molecule has 0 fully saturated rings. The summed E-state index contributed by atoms with van der Waals surface area (Å²) < 4.78 is 0. The van der Waals surface area contributed by atoms with Gasteiger partial charge in [0.25, 0.3) is 22.7 Å². The first-order chi connectivity index (χ1) is 32.9. The number of nitrogens with zero attached hydrogens (tertiary/aromatic N) is 5. The maximum absolute atomic E-state index is 12.2. The molecule has 0 amide bonds. The maximum atomic E-state index is 12.2. The van der Waals surface area contributed by atoms with Gasteiger partial charge in [-0.3, -0.25) is 45.3 Å². The molecule has 0 aliphatic heterocycles. The molecule has 0 bridgehead atoms. The summed E-state index contributed by atoms with van der Waals surface area (Å²) in [5, 5.41) is 42.4. The molecule has 16 heteroatoms. The molecular weight excluding hydrogens is 869 g/mol. The summed E-state index contributed by atoms with van der Waals surface area (Å²) in [7, 11) is 0. The Kier molecular flexibility index (Phi) is 41.1. The SMILES string of the molecule is CCCCCCCCCCCCCCCCCCCC(=O)Cc1cc([N+](=O)[O-])cc([N+](=O)[O-])c1.CCCCCCCCCCCCCCCCCCN=C=O.Nc1cc([N+](=O)[O-])cc([N+](=O)[O-])c1. The highest BCUT2D eigenvalue weighted by Crippen LogP contribution is 2.25. The van der Waals surface area contributed by atoms with Gasteiger partial charge in [0.05, 0.1) is 38.4 Å². The number of anilines is 1. The number of benzene rings is 2. The van der Waals surface area contributed by atoms with Crippen LogP contribution >= 0.6 is 0 Å². The molecule has 0 aromatic heterocycles. The van der Waals surface area contributed by atoms with Crippen LogP contribution in [0.1, 0.15) is 238 Å². The number of nitro groups is 4. The number of aliphatic imine (C=N–C) groups is 1. The van der Waals surface area contributed by atoms with Crippen LogP contribution in [0.15, 0.2) is 41.4 Å². The van der Waals surface area contributed by atoms with Gasteiger partial charge in [-0.15, -0.1) is 0 Å². The van der Waals surface area contributed by atoms with E-state index in [1.54, 1.807) is 6.08 Å². The number of non-ortho nitro benzene ring substituents is 4. The Hall–Kier alpha value is -5.11. The van der Waals surface area contributed by atoms with Crippen molar-refractivity contribution < 1.29 is 29.3 Å². The third-order valence-electron chi connectivity index (χ3n) is 11.9. The van der Waals surface area contributed by atoms with Crippen molar-refractivity contribution in [3.05, 3.63) is 82.4 Å². The van der Waals surface area contributed by atoms with E-state index in [-0.39, 0.29) is 40.6 Å². The summed E-state index contributed by atoms with van der Waals surface area (Å²) >= 11 is 0. The molecule has 2 aromatic carbocycles. The lowest BCUT2D eigenvalue weighted by molar-refractivity contribution is -0.394. The number of carbonyl (C=O) groups excluding carboxylic acids is 2. The molecule has 0 saturated heterocycles. The van der Waals surface area contributed by atoms with Gasteiger partial charge in [-0.1, -0.05) is 213 Å². The van der Waals surface area contributed by atoms with Crippen LogP contribution in [-0.4, -0.2) is 38.1 Å². The number of nitrogens with two attached hydrogens (primary N) is 1. The first-order valence-corrected chi connectivity index (χ1v) is 26.0. The van der Waals surface area contributed by atoms with Gasteiger partial charge in [0.15, 0.2) is 0 Å². The van der Waals surface area contributed by atoms with Crippen LogP contribution in [-0.2, 0) is 16.0 Å². The Morgan fingerprint density at radius 2 is 0.706 bits per heavy atom. The summed E-state index contributed by atoms with van der Waals surface area (Å²) in [5.74, 6) is -0.0317. The van der Waals surface area contributed by atoms with Crippen LogP contribution < -0.4 is 5.73 Å². The number of ketones is 1. The molecule has 2 N–H and O–H groups in total. The van der Waals surface area contributed by atoms with E-state index in [1.807, 2.05) is 0 Å².